The van der Waals surface area contributed by atoms with E-state index in [9.17, 15) is 14.9 Å². The van der Waals surface area contributed by atoms with E-state index in [1.807, 2.05) is 30.3 Å². The molecule has 3 aromatic rings. The summed E-state index contributed by atoms with van der Waals surface area (Å²) < 4.78 is 1.56. The van der Waals surface area contributed by atoms with Crippen LogP contribution in [0.15, 0.2) is 60.7 Å². The molecule has 7 heteroatoms. The molecule has 148 valence electrons. The van der Waals surface area contributed by atoms with Crippen LogP contribution >= 0.6 is 0 Å². The Labute approximate surface area is 168 Å². The third kappa shape index (κ3) is 4.18. The number of benzene rings is 2. The van der Waals surface area contributed by atoms with Crippen molar-refractivity contribution >= 4 is 11.6 Å². The second-order valence-corrected chi connectivity index (χ2v) is 7.27. The van der Waals surface area contributed by atoms with E-state index in [2.05, 4.69) is 10.4 Å². The Balaban J connectivity index is 1.70. The quantitative estimate of drug-likeness (QED) is 0.513. The molecule has 1 aliphatic rings. The molecule has 0 atom stereocenters. The maximum Gasteiger partial charge on any atom is 0.270 e. The first-order valence-electron chi connectivity index (χ1n) is 9.83. The molecule has 0 saturated heterocycles. The van der Waals surface area contributed by atoms with Crippen LogP contribution in [0.5, 0.6) is 0 Å². The lowest BCUT2D eigenvalue weighted by Crippen LogP contribution is -2.37. The fourth-order valence-corrected chi connectivity index (χ4v) is 3.71. The highest BCUT2D eigenvalue weighted by Gasteiger charge is 2.22. The fourth-order valence-electron chi connectivity index (χ4n) is 3.71. The monoisotopic (exact) mass is 390 g/mol. The Morgan fingerprint density at radius 1 is 1.03 bits per heavy atom. The zero-order valence-corrected chi connectivity index (χ0v) is 16.0. The number of amides is 1. The van der Waals surface area contributed by atoms with Crippen LogP contribution in [0.2, 0.25) is 0 Å². The third-order valence-electron chi connectivity index (χ3n) is 5.26. The van der Waals surface area contributed by atoms with Crippen molar-refractivity contribution < 1.29 is 9.72 Å². The number of carbonyl (C=O) groups excluding carboxylic acids is 1. The molecular formula is C22H22N4O3. The summed E-state index contributed by atoms with van der Waals surface area (Å²) >= 11 is 0. The van der Waals surface area contributed by atoms with E-state index in [1.54, 1.807) is 22.9 Å². The van der Waals surface area contributed by atoms with Crippen molar-refractivity contribution in [2.45, 2.75) is 38.1 Å². The van der Waals surface area contributed by atoms with Gasteiger partial charge in [0, 0.05) is 23.7 Å². The van der Waals surface area contributed by atoms with E-state index in [4.69, 9.17) is 0 Å². The van der Waals surface area contributed by atoms with Crippen LogP contribution in [0.25, 0.3) is 16.9 Å². The highest BCUT2D eigenvalue weighted by atomic mass is 16.6. The summed E-state index contributed by atoms with van der Waals surface area (Å²) in [7, 11) is 0. The molecule has 1 heterocycles. The second-order valence-electron chi connectivity index (χ2n) is 7.27. The Morgan fingerprint density at radius 2 is 1.72 bits per heavy atom. The molecule has 1 saturated carbocycles. The van der Waals surface area contributed by atoms with Gasteiger partial charge in [-0.1, -0.05) is 49.6 Å². The van der Waals surface area contributed by atoms with E-state index in [-0.39, 0.29) is 17.6 Å². The number of hydrogen-bond acceptors (Lipinski definition) is 4. The van der Waals surface area contributed by atoms with Gasteiger partial charge in [-0.25, -0.2) is 4.68 Å². The number of hydrogen-bond donors (Lipinski definition) is 1. The first-order chi connectivity index (χ1) is 14.1. The van der Waals surface area contributed by atoms with Gasteiger partial charge in [-0.3, -0.25) is 14.9 Å². The summed E-state index contributed by atoms with van der Waals surface area (Å²) in [6, 6.07) is 17.6. The molecule has 1 amide bonds. The molecule has 0 spiro atoms. The van der Waals surface area contributed by atoms with Crippen molar-refractivity contribution in [3.63, 3.8) is 0 Å². The van der Waals surface area contributed by atoms with Crippen LogP contribution < -0.4 is 5.32 Å². The van der Waals surface area contributed by atoms with Gasteiger partial charge in [0.05, 0.1) is 16.3 Å². The minimum absolute atomic E-state index is 0.00241. The zero-order valence-electron chi connectivity index (χ0n) is 16.0. The topological polar surface area (TPSA) is 90.1 Å². The summed E-state index contributed by atoms with van der Waals surface area (Å²) in [6.07, 6.45) is 5.45. The van der Waals surface area contributed by atoms with Crippen molar-refractivity contribution in [1.29, 1.82) is 0 Å². The van der Waals surface area contributed by atoms with Gasteiger partial charge in [0.1, 0.15) is 5.69 Å². The lowest BCUT2D eigenvalue weighted by atomic mass is 9.95. The maximum absolute atomic E-state index is 13.0. The highest BCUT2D eigenvalue weighted by molar-refractivity contribution is 5.94. The molecule has 1 aliphatic carbocycles. The molecule has 4 rings (SSSR count). The Hall–Kier alpha value is -3.48. The van der Waals surface area contributed by atoms with Gasteiger partial charge in [0.25, 0.3) is 11.6 Å². The summed E-state index contributed by atoms with van der Waals surface area (Å²) in [5, 5.41) is 18.7. The van der Waals surface area contributed by atoms with Crippen molar-refractivity contribution in [1.82, 2.24) is 15.1 Å². The zero-order chi connectivity index (χ0) is 20.2. The highest BCUT2D eigenvalue weighted by Crippen LogP contribution is 2.24. The fraction of sp³-hybridized carbons (Fsp3) is 0.273. The summed E-state index contributed by atoms with van der Waals surface area (Å²) in [5.74, 6) is -0.176. The largest absolute Gasteiger partial charge is 0.348 e. The molecular weight excluding hydrogens is 368 g/mol. The normalized spacial score (nSPS) is 14.5. The summed E-state index contributed by atoms with van der Waals surface area (Å²) in [4.78, 5) is 23.6. The SMILES string of the molecule is O=C(NC1CCCCC1)c1cc(-c2ccccc2)nn1-c1ccc([N+](=O)[O-])cc1. The van der Waals surface area contributed by atoms with Gasteiger partial charge in [-0.05, 0) is 31.0 Å². The maximum atomic E-state index is 13.0. The minimum atomic E-state index is -0.445. The Bertz CT molecular complexity index is 1010. The van der Waals surface area contributed by atoms with Gasteiger partial charge in [-0.2, -0.15) is 5.10 Å². The van der Waals surface area contributed by atoms with Crippen LogP contribution in [0, 0.1) is 10.1 Å². The van der Waals surface area contributed by atoms with Crippen molar-refractivity contribution in [2.24, 2.45) is 0 Å². The molecule has 1 N–H and O–H groups in total. The average Bonchev–Trinajstić information content (AvgIpc) is 3.21. The predicted octanol–water partition coefficient (Wildman–Crippen LogP) is 4.51. The van der Waals surface area contributed by atoms with E-state index >= 15 is 0 Å². The minimum Gasteiger partial charge on any atom is -0.348 e. The van der Waals surface area contributed by atoms with Gasteiger partial charge >= 0.3 is 0 Å². The molecule has 1 fully saturated rings. The second kappa shape index (κ2) is 8.26. The molecule has 29 heavy (non-hydrogen) atoms. The number of nitrogens with zero attached hydrogens (tertiary/aromatic N) is 3. The molecule has 7 nitrogen and oxygen atoms in total. The molecule has 0 radical (unpaired) electrons. The number of nitro groups is 1. The summed E-state index contributed by atoms with van der Waals surface area (Å²) in [5.41, 5.74) is 2.60. The average molecular weight is 390 g/mol. The lowest BCUT2D eigenvalue weighted by molar-refractivity contribution is -0.384. The summed E-state index contributed by atoms with van der Waals surface area (Å²) in [6.45, 7) is 0. The van der Waals surface area contributed by atoms with Crippen LogP contribution in [0.3, 0.4) is 0 Å². The van der Waals surface area contributed by atoms with Gasteiger partial charge in [0.2, 0.25) is 0 Å². The lowest BCUT2D eigenvalue weighted by Gasteiger charge is -2.22. The van der Waals surface area contributed by atoms with E-state index in [0.29, 0.717) is 17.1 Å². The number of rotatable bonds is 5. The molecule has 2 aromatic carbocycles. The van der Waals surface area contributed by atoms with Gasteiger partial charge < -0.3 is 5.32 Å². The third-order valence-corrected chi connectivity index (χ3v) is 5.26. The van der Waals surface area contributed by atoms with E-state index in [1.165, 1.54) is 18.6 Å². The van der Waals surface area contributed by atoms with Crippen LogP contribution in [0.4, 0.5) is 5.69 Å². The first-order valence-corrected chi connectivity index (χ1v) is 9.83. The van der Waals surface area contributed by atoms with Crippen LogP contribution in [0.1, 0.15) is 42.6 Å². The number of non-ortho nitro benzene ring substituents is 1. The standard InChI is InChI=1S/C22H22N4O3/c27-22(23-17-9-5-2-6-10-17)21-15-20(16-7-3-1-4-8-16)24-25(21)18-11-13-19(14-12-18)26(28)29/h1,3-4,7-8,11-15,17H,2,5-6,9-10H2,(H,23,27). The Kier molecular flexibility index (Phi) is 5.37. The molecule has 0 bridgehead atoms. The van der Waals surface area contributed by atoms with E-state index in [0.717, 1.165) is 31.2 Å². The number of aromatic nitrogens is 2. The van der Waals surface area contributed by atoms with Gasteiger partial charge in [-0.15, -0.1) is 0 Å². The van der Waals surface area contributed by atoms with Gasteiger partial charge in [0.15, 0.2) is 0 Å². The number of carbonyl (C=O) groups is 1. The number of nitro benzene ring substituents is 1. The van der Waals surface area contributed by atoms with Crippen molar-refractivity contribution in [3.8, 4) is 16.9 Å². The van der Waals surface area contributed by atoms with E-state index < -0.39 is 4.92 Å². The molecule has 0 aliphatic heterocycles. The van der Waals surface area contributed by atoms with Crippen molar-refractivity contribution in [3.05, 3.63) is 76.5 Å². The molecule has 1 aromatic heterocycles. The van der Waals surface area contributed by atoms with Crippen LogP contribution in [-0.2, 0) is 0 Å². The smallest absolute Gasteiger partial charge is 0.270 e. The predicted molar refractivity (Wildman–Crippen MR) is 110 cm³/mol. The van der Waals surface area contributed by atoms with Crippen LogP contribution in [-0.4, -0.2) is 26.7 Å². The van der Waals surface area contributed by atoms with Crippen molar-refractivity contribution in [2.75, 3.05) is 0 Å². The molecule has 0 unspecified atom stereocenters. The first kappa shape index (κ1) is 18.9. The number of nitrogens with one attached hydrogen (secondary N) is 1. The Morgan fingerprint density at radius 3 is 2.38 bits per heavy atom.